The Hall–Kier alpha value is -3.16. The van der Waals surface area contributed by atoms with Crippen LogP contribution in [-0.2, 0) is 38.1 Å². The minimum Gasteiger partial charge on any atom is -0.465 e. The molecule has 0 aromatic carbocycles. The Morgan fingerprint density at radius 3 is 1.12 bits per heavy atom. The van der Waals surface area contributed by atoms with Gasteiger partial charge in [-0.15, -0.1) is 0 Å². The molecular formula is C16H16O8. The molecule has 0 unspecified atom stereocenters. The summed E-state index contributed by atoms with van der Waals surface area (Å²) < 4.78 is 18.5. The summed E-state index contributed by atoms with van der Waals surface area (Å²) in [6, 6.07) is 0. The van der Waals surface area contributed by atoms with Crippen molar-refractivity contribution in [1.29, 1.82) is 0 Å². The van der Waals surface area contributed by atoms with E-state index in [1.165, 1.54) is 12.2 Å². The first-order chi connectivity index (χ1) is 11.4. The Balaban J connectivity index is 3.66. The maximum Gasteiger partial charge on any atom is 0.338 e. The third kappa shape index (κ3) is 4.19. The quantitative estimate of drug-likeness (QED) is 0.536. The van der Waals surface area contributed by atoms with Gasteiger partial charge in [-0.3, -0.25) is 0 Å². The van der Waals surface area contributed by atoms with E-state index in [1.807, 2.05) is 0 Å². The van der Waals surface area contributed by atoms with E-state index in [0.29, 0.717) is 0 Å². The summed E-state index contributed by atoms with van der Waals surface area (Å²) in [5.74, 6) is -3.34. The van der Waals surface area contributed by atoms with Crippen LogP contribution in [0.5, 0.6) is 0 Å². The number of ether oxygens (including phenoxy) is 4. The minimum absolute atomic E-state index is 0.0752. The Labute approximate surface area is 138 Å². The van der Waals surface area contributed by atoms with Crippen molar-refractivity contribution in [2.24, 2.45) is 0 Å². The van der Waals surface area contributed by atoms with Crippen LogP contribution in [-0.4, -0.2) is 52.3 Å². The first-order valence-corrected chi connectivity index (χ1v) is 6.58. The molecule has 0 bridgehead atoms. The lowest BCUT2D eigenvalue weighted by Gasteiger charge is -2.12. The normalized spacial score (nSPS) is 22.5. The second kappa shape index (κ2) is 8.47. The number of carbonyl (C=O) groups is 4. The van der Waals surface area contributed by atoms with E-state index in [-0.39, 0.29) is 22.3 Å². The molecule has 0 N–H and O–H groups in total. The van der Waals surface area contributed by atoms with Crippen molar-refractivity contribution in [3.05, 3.63) is 46.6 Å². The molecule has 1 aliphatic rings. The van der Waals surface area contributed by atoms with E-state index in [1.54, 1.807) is 0 Å². The van der Waals surface area contributed by atoms with E-state index in [4.69, 9.17) is 0 Å². The van der Waals surface area contributed by atoms with Crippen molar-refractivity contribution >= 4 is 23.9 Å². The van der Waals surface area contributed by atoms with Gasteiger partial charge in [0.2, 0.25) is 0 Å². The van der Waals surface area contributed by atoms with Crippen LogP contribution in [0.2, 0.25) is 0 Å². The monoisotopic (exact) mass is 336 g/mol. The van der Waals surface area contributed by atoms with Gasteiger partial charge < -0.3 is 18.9 Å². The van der Waals surface area contributed by atoms with Crippen LogP contribution in [0.1, 0.15) is 0 Å². The number of methoxy groups -OCH3 is 4. The summed E-state index contributed by atoms with van der Waals surface area (Å²) in [4.78, 5) is 47.6. The molecule has 0 aliphatic heterocycles. The van der Waals surface area contributed by atoms with E-state index in [2.05, 4.69) is 18.9 Å². The SMILES string of the molecule is COC(=O)C1=C/C=C(C(=O)OC)\C=C(C(=O)OC)/C(C(=O)OC)=C\1. The summed E-state index contributed by atoms with van der Waals surface area (Å²) >= 11 is 0. The van der Waals surface area contributed by atoms with Crippen molar-refractivity contribution in [3.63, 3.8) is 0 Å². The molecule has 0 saturated carbocycles. The van der Waals surface area contributed by atoms with Crippen LogP contribution >= 0.6 is 0 Å². The average Bonchev–Trinajstić information content (AvgIpc) is 2.59. The first-order valence-electron chi connectivity index (χ1n) is 6.58. The largest absolute Gasteiger partial charge is 0.465 e. The lowest BCUT2D eigenvalue weighted by Crippen LogP contribution is -2.18. The summed E-state index contributed by atoms with van der Waals surface area (Å²) in [5, 5.41) is 0. The molecule has 0 aromatic rings. The van der Waals surface area contributed by atoms with E-state index >= 15 is 0 Å². The second-order valence-electron chi connectivity index (χ2n) is 4.33. The van der Waals surface area contributed by atoms with Gasteiger partial charge in [-0.25, -0.2) is 19.2 Å². The lowest BCUT2D eigenvalue weighted by molar-refractivity contribution is -0.139. The molecule has 0 saturated heterocycles. The van der Waals surface area contributed by atoms with Crippen LogP contribution in [0.15, 0.2) is 46.6 Å². The van der Waals surface area contributed by atoms with Crippen LogP contribution in [0, 0.1) is 0 Å². The third-order valence-corrected chi connectivity index (χ3v) is 2.99. The molecular weight excluding hydrogens is 320 g/mol. The van der Waals surface area contributed by atoms with Gasteiger partial charge in [-0.05, 0) is 24.3 Å². The van der Waals surface area contributed by atoms with Crippen LogP contribution in [0.25, 0.3) is 0 Å². The van der Waals surface area contributed by atoms with Gasteiger partial charge in [0.05, 0.1) is 50.7 Å². The van der Waals surface area contributed by atoms with E-state index in [0.717, 1.165) is 40.6 Å². The summed E-state index contributed by atoms with van der Waals surface area (Å²) in [5.41, 5.74) is -0.686. The average molecular weight is 336 g/mol. The summed E-state index contributed by atoms with van der Waals surface area (Å²) in [7, 11) is 4.51. The van der Waals surface area contributed by atoms with E-state index < -0.39 is 23.9 Å². The van der Waals surface area contributed by atoms with Crippen LogP contribution in [0.3, 0.4) is 0 Å². The zero-order valence-corrected chi connectivity index (χ0v) is 13.6. The second-order valence-corrected chi connectivity index (χ2v) is 4.33. The van der Waals surface area contributed by atoms with Gasteiger partial charge in [0, 0.05) is 0 Å². The van der Waals surface area contributed by atoms with Crippen LogP contribution < -0.4 is 0 Å². The molecule has 128 valence electrons. The Morgan fingerprint density at radius 2 is 0.875 bits per heavy atom. The predicted octanol–water partition coefficient (Wildman–Crippen LogP) is 0.398. The molecule has 0 spiro atoms. The molecule has 8 heteroatoms. The molecule has 1 aliphatic carbocycles. The number of allylic oxidation sites excluding steroid dienone is 2. The minimum atomic E-state index is -0.896. The zero-order valence-electron chi connectivity index (χ0n) is 13.6. The maximum atomic E-state index is 12.0. The van der Waals surface area contributed by atoms with Gasteiger partial charge in [-0.2, -0.15) is 0 Å². The Kier molecular flexibility index (Phi) is 6.66. The highest BCUT2D eigenvalue weighted by Gasteiger charge is 2.26. The third-order valence-electron chi connectivity index (χ3n) is 2.99. The van der Waals surface area contributed by atoms with Crippen molar-refractivity contribution in [2.75, 3.05) is 28.4 Å². The number of hydrogen-bond acceptors (Lipinski definition) is 8. The van der Waals surface area contributed by atoms with Gasteiger partial charge in [-0.1, -0.05) is 0 Å². The number of esters is 4. The highest BCUT2D eigenvalue weighted by atomic mass is 16.5. The van der Waals surface area contributed by atoms with E-state index in [9.17, 15) is 19.2 Å². The molecule has 1 rings (SSSR count). The van der Waals surface area contributed by atoms with Gasteiger partial charge in [0.25, 0.3) is 0 Å². The molecule has 0 fully saturated rings. The Bertz CT molecular complexity index is 631. The van der Waals surface area contributed by atoms with Crippen molar-refractivity contribution in [1.82, 2.24) is 0 Å². The molecule has 8 nitrogen and oxygen atoms in total. The van der Waals surface area contributed by atoms with Gasteiger partial charge >= 0.3 is 23.9 Å². The van der Waals surface area contributed by atoms with Crippen molar-refractivity contribution < 1.29 is 38.1 Å². The fourth-order valence-corrected chi connectivity index (χ4v) is 1.79. The smallest absolute Gasteiger partial charge is 0.338 e. The first kappa shape index (κ1) is 18.9. The van der Waals surface area contributed by atoms with Gasteiger partial charge in [0.15, 0.2) is 0 Å². The molecule has 0 atom stereocenters. The number of carbonyl (C=O) groups excluding carboxylic acids is 4. The predicted molar refractivity (Wildman–Crippen MR) is 80.4 cm³/mol. The van der Waals surface area contributed by atoms with Crippen molar-refractivity contribution in [2.45, 2.75) is 0 Å². The lowest BCUT2D eigenvalue weighted by atomic mass is 9.97. The summed E-state index contributed by atoms with van der Waals surface area (Å²) in [6.45, 7) is 0. The molecule has 0 radical (unpaired) electrons. The maximum absolute atomic E-state index is 12.0. The van der Waals surface area contributed by atoms with Gasteiger partial charge in [0.1, 0.15) is 0 Å². The topological polar surface area (TPSA) is 105 Å². The summed E-state index contributed by atoms with van der Waals surface area (Å²) in [6.07, 6.45) is 4.74. The molecule has 0 amide bonds. The van der Waals surface area contributed by atoms with Crippen molar-refractivity contribution in [3.8, 4) is 0 Å². The fourth-order valence-electron chi connectivity index (χ4n) is 1.79. The highest BCUT2D eigenvalue weighted by Crippen LogP contribution is 2.22. The molecule has 0 aromatic heterocycles. The van der Waals surface area contributed by atoms with Crippen LogP contribution in [0.4, 0.5) is 0 Å². The number of rotatable bonds is 4. The molecule has 24 heavy (non-hydrogen) atoms. The molecule has 0 heterocycles. The number of hydrogen-bond donors (Lipinski definition) is 0. The fraction of sp³-hybridized carbons (Fsp3) is 0.250. The zero-order chi connectivity index (χ0) is 18.3. The standard InChI is InChI=1S/C16H16O8/c1-21-13(17)9-5-6-10(14(18)22-2)8-12(16(20)24-4)11(7-9)15(19)23-3/h5-8H,1-4H3/b6-5?,9-5+,9-7?,10-6+,10-8?,11-7+,12-8+,12-11?. The Morgan fingerprint density at radius 1 is 0.583 bits per heavy atom. The highest BCUT2D eigenvalue weighted by molar-refractivity contribution is 6.10.